The first kappa shape index (κ1) is 12.8. The summed E-state index contributed by atoms with van der Waals surface area (Å²) in [5, 5.41) is 8.91. The second-order valence-corrected chi connectivity index (χ2v) is 5.09. The third-order valence-electron chi connectivity index (χ3n) is 1.91. The maximum absolute atomic E-state index is 10.5. The Balaban J connectivity index is 3.53. The highest BCUT2D eigenvalue weighted by atomic mass is 32.2. The van der Waals surface area contributed by atoms with Gasteiger partial charge in [-0.15, -0.1) is 0 Å². The Morgan fingerprint density at radius 3 is 2.46 bits per heavy atom. The first-order valence-electron chi connectivity index (χ1n) is 4.89. The van der Waals surface area contributed by atoms with Crippen LogP contribution < -0.4 is 0 Å². The van der Waals surface area contributed by atoms with Gasteiger partial charge in [0.25, 0.3) is 0 Å². The van der Waals surface area contributed by atoms with Crippen molar-refractivity contribution in [1.29, 1.82) is 0 Å². The van der Waals surface area contributed by atoms with E-state index in [2.05, 4.69) is 20.8 Å². The number of thioether (sulfide) groups is 1. The maximum Gasteiger partial charge on any atom is 0.304 e. The lowest BCUT2D eigenvalue weighted by Crippen LogP contribution is -2.09. The van der Waals surface area contributed by atoms with Gasteiger partial charge in [0.1, 0.15) is 0 Å². The van der Waals surface area contributed by atoms with Crippen LogP contribution in [0.25, 0.3) is 0 Å². The van der Waals surface area contributed by atoms with Gasteiger partial charge < -0.3 is 5.11 Å². The highest BCUT2D eigenvalue weighted by Crippen LogP contribution is 2.20. The van der Waals surface area contributed by atoms with Crippen molar-refractivity contribution in [2.75, 3.05) is 5.75 Å². The Hall–Kier alpha value is -0.180. The fourth-order valence-corrected chi connectivity index (χ4v) is 2.42. The molecule has 0 saturated heterocycles. The van der Waals surface area contributed by atoms with Gasteiger partial charge in [0.05, 0.1) is 6.42 Å². The van der Waals surface area contributed by atoms with E-state index >= 15 is 0 Å². The van der Waals surface area contributed by atoms with Gasteiger partial charge in [0, 0.05) is 5.25 Å². The summed E-state index contributed by atoms with van der Waals surface area (Å²) < 4.78 is 0. The fourth-order valence-electron chi connectivity index (χ4n) is 0.986. The lowest BCUT2D eigenvalue weighted by Gasteiger charge is -2.12. The molecule has 0 spiro atoms. The predicted octanol–water partition coefficient (Wildman–Crippen LogP) is 3.02. The maximum atomic E-state index is 10.5. The van der Waals surface area contributed by atoms with Gasteiger partial charge in [-0.05, 0) is 24.5 Å². The minimum atomic E-state index is -0.677. The third-order valence-corrected chi connectivity index (χ3v) is 3.35. The summed E-state index contributed by atoms with van der Waals surface area (Å²) in [6.45, 7) is 6.44. The van der Waals surface area contributed by atoms with Crippen LogP contribution in [-0.4, -0.2) is 22.1 Å². The molecule has 0 aliphatic rings. The topological polar surface area (TPSA) is 37.3 Å². The highest BCUT2D eigenvalue weighted by Gasteiger charge is 2.11. The summed E-state index contributed by atoms with van der Waals surface area (Å²) in [6.07, 6.45) is 2.44. The molecule has 0 amide bonds. The molecule has 0 aliphatic carbocycles. The highest BCUT2D eigenvalue weighted by molar-refractivity contribution is 7.99. The SMILES string of the molecule is CCC(CC(=O)O)SCCC(C)C. The Morgan fingerprint density at radius 2 is 2.08 bits per heavy atom. The van der Waals surface area contributed by atoms with Gasteiger partial charge in [-0.1, -0.05) is 20.8 Å². The van der Waals surface area contributed by atoms with Crippen LogP contribution in [0.15, 0.2) is 0 Å². The number of hydrogen-bond acceptors (Lipinski definition) is 2. The number of carbonyl (C=O) groups is 1. The quantitative estimate of drug-likeness (QED) is 0.692. The summed E-state index contributed by atoms with van der Waals surface area (Å²) in [6, 6.07) is 0. The van der Waals surface area contributed by atoms with Crippen molar-refractivity contribution < 1.29 is 9.90 Å². The summed E-state index contributed by atoms with van der Waals surface area (Å²) in [5.41, 5.74) is 0. The molecule has 0 bridgehead atoms. The second-order valence-electron chi connectivity index (χ2n) is 3.68. The van der Waals surface area contributed by atoms with Crippen LogP contribution in [0, 0.1) is 5.92 Å². The second kappa shape index (κ2) is 7.25. The van der Waals surface area contributed by atoms with Crippen LogP contribution in [0.3, 0.4) is 0 Å². The van der Waals surface area contributed by atoms with Crippen molar-refractivity contribution in [2.45, 2.75) is 45.3 Å². The summed E-state index contributed by atoms with van der Waals surface area (Å²) in [4.78, 5) is 10.5. The van der Waals surface area contributed by atoms with E-state index in [1.54, 1.807) is 11.8 Å². The normalized spacial score (nSPS) is 13.2. The Morgan fingerprint density at radius 1 is 1.46 bits per heavy atom. The van der Waals surface area contributed by atoms with Gasteiger partial charge in [-0.25, -0.2) is 0 Å². The zero-order valence-electron chi connectivity index (χ0n) is 8.75. The van der Waals surface area contributed by atoms with Crippen LogP contribution in [-0.2, 0) is 4.79 Å². The number of rotatable bonds is 7. The Labute approximate surface area is 85.1 Å². The fraction of sp³-hybridized carbons (Fsp3) is 0.900. The van der Waals surface area contributed by atoms with Crippen molar-refractivity contribution in [2.24, 2.45) is 5.92 Å². The van der Waals surface area contributed by atoms with Gasteiger partial charge in [0.2, 0.25) is 0 Å². The van der Waals surface area contributed by atoms with E-state index in [1.807, 2.05) is 0 Å². The van der Waals surface area contributed by atoms with Crippen molar-refractivity contribution in [1.82, 2.24) is 0 Å². The zero-order valence-corrected chi connectivity index (χ0v) is 9.56. The number of aliphatic carboxylic acids is 1. The smallest absolute Gasteiger partial charge is 0.304 e. The number of hydrogen-bond donors (Lipinski definition) is 1. The van der Waals surface area contributed by atoms with Gasteiger partial charge in [-0.3, -0.25) is 4.79 Å². The molecule has 3 heteroatoms. The van der Waals surface area contributed by atoms with Crippen LogP contribution in [0.5, 0.6) is 0 Å². The minimum Gasteiger partial charge on any atom is -0.481 e. The zero-order chi connectivity index (χ0) is 10.3. The third kappa shape index (κ3) is 8.16. The molecule has 0 fully saturated rings. The van der Waals surface area contributed by atoms with E-state index in [0.717, 1.165) is 18.1 Å². The number of carboxylic acid groups (broad SMARTS) is 1. The molecule has 0 rings (SSSR count). The molecule has 2 nitrogen and oxygen atoms in total. The lowest BCUT2D eigenvalue weighted by atomic mass is 10.2. The summed E-state index contributed by atoms with van der Waals surface area (Å²) in [7, 11) is 0. The van der Waals surface area contributed by atoms with Gasteiger partial charge in [0.15, 0.2) is 0 Å². The van der Waals surface area contributed by atoms with Crippen molar-refractivity contribution in [3.8, 4) is 0 Å². The monoisotopic (exact) mass is 204 g/mol. The van der Waals surface area contributed by atoms with Crippen LogP contribution in [0.2, 0.25) is 0 Å². The first-order valence-corrected chi connectivity index (χ1v) is 5.94. The standard InChI is InChI=1S/C10H20O2S/c1-4-9(7-10(11)12)13-6-5-8(2)3/h8-9H,4-7H2,1-3H3,(H,11,12). The molecule has 0 heterocycles. The lowest BCUT2D eigenvalue weighted by molar-refractivity contribution is -0.136. The molecule has 1 unspecified atom stereocenters. The Bertz CT molecular complexity index is 146. The molecule has 1 N–H and O–H groups in total. The minimum absolute atomic E-state index is 0.302. The van der Waals surface area contributed by atoms with Crippen molar-refractivity contribution in [3.05, 3.63) is 0 Å². The molecule has 13 heavy (non-hydrogen) atoms. The average molecular weight is 204 g/mol. The molecule has 0 aliphatic heterocycles. The molecule has 0 aromatic rings. The van der Waals surface area contributed by atoms with E-state index < -0.39 is 5.97 Å². The molecule has 0 radical (unpaired) electrons. The van der Waals surface area contributed by atoms with Crippen molar-refractivity contribution >= 4 is 17.7 Å². The first-order chi connectivity index (χ1) is 6.06. The van der Waals surface area contributed by atoms with E-state index in [-0.39, 0.29) is 0 Å². The van der Waals surface area contributed by atoms with Gasteiger partial charge in [-0.2, -0.15) is 11.8 Å². The molecule has 1 atom stereocenters. The largest absolute Gasteiger partial charge is 0.481 e. The molecular formula is C10H20O2S. The molecular weight excluding hydrogens is 184 g/mol. The van der Waals surface area contributed by atoms with Crippen molar-refractivity contribution in [3.63, 3.8) is 0 Å². The predicted molar refractivity (Wildman–Crippen MR) is 58.2 cm³/mol. The van der Waals surface area contributed by atoms with E-state index in [9.17, 15) is 4.79 Å². The molecule has 0 aromatic heterocycles. The van der Waals surface area contributed by atoms with E-state index in [1.165, 1.54) is 6.42 Å². The average Bonchev–Trinajstić information content (AvgIpc) is 2.01. The van der Waals surface area contributed by atoms with Crippen LogP contribution in [0.1, 0.15) is 40.0 Å². The van der Waals surface area contributed by atoms with E-state index in [4.69, 9.17) is 5.11 Å². The summed E-state index contributed by atoms with van der Waals surface area (Å²) in [5.74, 6) is 1.13. The van der Waals surface area contributed by atoms with Crippen LogP contribution >= 0.6 is 11.8 Å². The molecule has 0 aromatic carbocycles. The molecule has 78 valence electrons. The summed E-state index contributed by atoms with van der Waals surface area (Å²) >= 11 is 1.80. The number of carboxylic acids is 1. The Kier molecular flexibility index (Phi) is 7.14. The van der Waals surface area contributed by atoms with Gasteiger partial charge >= 0.3 is 5.97 Å². The van der Waals surface area contributed by atoms with E-state index in [0.29, 0.717) is 11.7 Å². The van der Waals surface area contributed by atoms with Crippen LogP contribution in [0.4, 0.5) is 0 Å². The molecule has 0 saturated carbocycles.